The van der Waals surface area contributed by atoms with E-state index in [1.165, 1.54) is 22.5 Å². The Morgan fingerprint density at radius 1 is 0.864 bits per heavy atom. The molecule has 0 aliphatic carbocycles. The lowest BCUT2D eigenvalue weighted by molar-refractivity contribution is 0.653. The number of benzene rings is 2. The van der Waals surface area contributed by atoms with Gasteiger partial charge < -0.3 is 15.5 Å². The fourth-order valence-corrected chi connectivity index (χ4v) is 3.04. The molecule has 116 valence electrons. The van der Waals surface area contributed by atoms with Crippen LogP contribution < -0.4 is 15.5 Å². The Labute approximate surface area is 133 Å². The van der Waals surface area contributed by atoms with Crippen molar-refractivity contribution in [3.63, 3.8) is 0 Å². The zero-order valence-electron chi connectivity index (χ0n) is 13.5. The maximum atomic E-state index is 5.92. The lowest BCUT2D eigenvalue weighted by Crippen LogP contribution is -2.46. The Balaban J connectivity index is 1.64. The number of nitrogens with two attached hydrogens (primary N) is 1. The molecule has 0 amide bonds. The summed E-state index contributed by atoms with van der Waals surface area (Å²) in [5.41, 5.74) is 11.1. The van der Waals surface area contributed by atoms with Gasteiger partial charge in [-0.15, -0.1) is 0 Å². The van der Waals surface area contributed by atoms with E-state index < -0.39 is 0 Å². The monoisotopic (exact) mass is 295 g/mol. The van der Waals surface area contributed by atoms with Crippen molar-refractivity contribution in [1.29, 1.82) is 0 Å². The second-order valence-corrected chi connectivity index (χ2v) is 6.19. The molecule has 0 spiro atoms. The van der Waals surface area contributed by atoms with Crippen LogP contribution in [0.25, 0.3) is 0 Å². The molecule has 0 radical (unpaired) electrons. The van der Waals surface area contributed by atoms with Crippen LogP contribution in [0.3, 0.4) is 0 Å². The van der Waals surface area contributed by atoms with Crippen LogP contribution in [0, 0.1) is 6.92 Å². The molecule has 0 bridgehead atoms. The van der Waals surface area contributed by atoms with Gasteiger partial charge in [-0.25, -0.2) is 0 Å². The van der Waals surface area contributed by atoms with E-state index in [9.17, 15) is 0 Å². The third-order valence-electron chi connectivity index (χ3n) is 4.43. The van der Waals surface area contributed by atoms with Gasteiger partial charge in [0.15, 0.2) is 0 Å². The second-order valence-electron chi connectivity index (χ2n) is 6.19. The molecule has 1 aliphatic heterocycles. The van der Waals surface area contributed by atoms with Crippen molar-refractivity contribution < 1.29 is 0 Å². The van der Waals surface area contributed by atoms with Crippen LogP contribution >= 0.6 is 0 Å². The van der Waals surface area contributed by atoms with Crippen molar-refractivity contribution in [1.82, 2.24) is 0 Å². The largest absolute Gasteiger partial charge is 0.368 e. The predicted octanol–water partition coefficient (Wildman–Crippen LogP) is 3.34. The second kappa shape index (κ2) is 6.41. The average molecular weight is 295 g/mol. The third kappa shape index (κ3) is 3.25. The molecule has 1 unspecified atom stereocenters. The van der Waals surface area contributed by atoms with Crippen LogP contribution in [0.15, 0.2) is 48.5 Å². The van der Waals surface area contributed by atoms with Crippen molar-refractivity contribution in [2.45, 2.75) is 19.9 Å². The van der Waals surface area contributed by atoms with Crippen LogP contribution in [-0.4, -0.2) is 26.2 Å². The van der Waals surface area contributed by atoms with Crippen molar-refractivity contribution in [2.24, 2.45) is 5.73 Å². The molecule has 1 fully saturated rings. The van der Waals surface area contributed by atoms with E-state index in [4.69, 9.17) is 5.73 Å². The summed E-state index contributed by atoms with van der Waals surface area (Å²) in [5, 5.41) is 0. The fourth-order valence-electron chi connectivity index (χ4n) is 3.04. The van der Waals surface area contributed by atoms with Gasteiger partial charge >= 0.3 is 0 Å². The van der Waals surface area contributed by atoms with Gasteiger partial charge in [-0.2, -0.15) is 0 Å². The molecule has 1 aliphatic rings. The molecule has 2 N–H and O–H groups in total. The van der Waals surface area contributed by atoms with Crippen LogP contribution in [0.5, 0.6) is 0 Å². The highest BCUT2D eigenvalue weighted by Gasteiger charge is 2.17. The molecule has 3 nitrogen and oxygen atoms in total. The molecule has 0 aromatic heterocycles. The highest BCUT2D eigenvalue weighted by molar-refractivity contribution is 5.53. The van der Waals surface area contributed by atoms with Crippen molar-refractivity contribution in [2.75, 3.05) is 36.0 Å². The summed E-state index contributed by atoms with van der Waals surface area (Å²) in [5.74, 6) is 0. The molecule has 3 rings (SSSR count). The van der Waals surface area contributed by atoms with Crippen LogP contribution in [-0.2, 0) is 0 Å². The summed E-state index contributed by atoms with van der Waals surface area (Å²) < 4.78 is 0. The summed E-state index contributed by atoms with van der Waals surface area (Å²) in [6.45, 7) is 8.43. The maximum absolute atomic E-state index is 5.92. The SMILES string of the molecule is Cc1cccc(N2CCN(c3ccc(C(C)N)cc3)CC2)c1. The maximum Gasteiger partial charge on any atom is 0.0370 e. The van der Waals surface area contributed by atoms with E-state index >= 15 is 0 Å². The molecule has 22 heavy (non-hydrogen) atoms. The number of hydrogen-bond donors (Lipinski definition) is 1. The minimum Gasteiger partial charge on any atom is -0.368 e. The molecule has 1 saturated heterocycles. The number of nitrogens with zero attached hydrogens (tertiary/aromatic N) is 2. The number of anilines is 2. The van der Waals surface area contributed by atoms with Crippen molar-refractivity contribution >= 4 is 11.4 Å². The van der Waals surface area contributed by atoms with Crippen molar-refractivity contribution in [3.8, 4) is 0 Å². The van der Waals surface area contributed by atoms with Gasteiger partial charge in [0.25, 0.3) is 0 Å². The Bertz CT molecular complexity index is 611. The average Bonchev–Trinajstić information content (AvgIpc) is 2.55. The Hall–Kier alpha value is -2.00. The topological polar surface area (TPSA) is 32.5 Å². The molecule has 1 heterocycles. The number of aryl methyl sites for hydroxylation is 1. The molecule has 2 aromatic rings. The third-order valence-corrected chi connectivity index (χ3v) is 4.43. The zero-order valence-corrected chi connectivity index (χ0v) is 13.5. The predicted molar refractivity (Wildman–Crippen MR) is 94.6 cm³/mol. The van der Waals surface area contributed by atoms with Gasteiger partial charge in [0.1, 0.15) is 0 Å². The van der Waals surface area contributed by atoms with Crippen molar-refractivity contribution in [3.05, 3.63) is 59.7 Å². The number of rotatable bonds is 3. The number of piperazine rings is 1. The standard InChI is InChI=1S/C19H25N3/c1-15-4-3-5-19(14-15)22-12-10-21(11-13-22)18-8-6-17(7-9-18)16(2)20/h3-9,14,16H,10-13,20H2,1-2H3. The zero-order chi connectivity index (χ0) is 15.5. The van der Waals surface area contributed by atoms with Gasteiger partial charge in [0.2, 0.25) is 0 Å². The first kappa shape index (κ1) is 14.9. The Morgan fingerprint density at radius 2 is 1.45 bits per heavy atom. The van der Waals surface area contributed by atoms with E-state index in [0.29, 0.717) is 0 Å². The molecular formula is C19H25N3. The Morgan fingerprint density at radius 3 is 2.00 bits per heavy atom. The van der Waals surface area contributed by atoms with Crippen LogP contribution in [0.4, 0.5) is 11.4 Å². The summed E-state index contributed by atoms with van der Waals surface area (Å²) in [7, 11) is 0. The number of hydrogen-bond acceptors (Lipinski definition) is 3. The molecule has 3 heteroatoms. The first-order valence-electron chi connectivity index (χ1n) is 8.05. The molecule has 1 atom stereocenters. The van der Waals surface area contributed by atoms with E-state index in [1.54, 1.807) is 0 Å². The summed E-state index contributed by atoms with van der Waals surface area (Å²) in [4.78, 5) is 4.93. The van der Waals surface area contributed by atoms with Crippen LogP contribution in [0.2, 0.25) is 0 Å². The van der Waals surface area contributed by atoms with E-state index in [0.717, 1.165) is 26.2 Å². The van der Waals surface area contributed by atoms with E-state index in [-0.39, 0.29) is 6.04 Å². The fraction of sp³-hybridized carbons (Fsp3) is 0.368. The quantitative estimate of drug-likeness (QED) is 0.942. The highest BCUT2D eigenvalue weighted by Crippen LogP contribution is 2.22. The minimum atomic E-state index is 0.104. The lowest BCUT2D eigenvalue weighted by atomic mass is 10.1. The van der Waals surface area contributed by atoms with E-state index in [1.807, 2.05) is 6.92 Å². The van der Waals surface area contributed by atoms with Gasteiger partial charge in [-0.1, -0.05) is 24.3 Å². The summed E-state index contributed by atoms with van der Waals surface area (Å²) >= 11 is 0. The van der Waals surface area contributed by atoms with Gasteiger partial charge in [-0.3, -0.25) is 0 Å². The lowest BCUT2D eigenvalue weighted by Gasteiger charge is -2.37. The van der Waals surface area contributed by atoms with Gasteiger partial charge in [-0.05, 0) is 49.2 Å². The molecule has 0 saturated carbocycles. The molecule has 2 aromatic carbocycles. The Kier molecular flexibility index (Phi) is 4.34. The van der Waals surface area contributed by atoms with Crippen LogP contribution in [0.1, 0.15) is 24.1 Å². The normalized spacial score (nSPS) is 16.7. The minimum absolute atomic E-state index is 0.104. The highest BCUT2D eigenvalue weighted by atomic mass is 15.3. The van der Waals surface area contributed by atoms with Gasteiger partial charge in [0, 0.05) is 43.6 Å². The van der Waals surface area contributed by atoms with E-state index in [2.05, 4.69) is 65.3 Å². The summed E-state index contributed by atoms with van der Waals surface area (Å²) in [6, 6.07) is 17.6. The first-order valence-corrected chi connectivity index (χ1v) is 8.05. The smallest absolute Gasteiger partial charge is 0.0370 e. The first-order chi connectivity index (χ1) is 10.6. The van der Waals surface area contributed by atoms with Gasteiger partial charge in [0.05, 0.1) is 0 Å². The molecular weight excluding hydrogens is 270 g/mol. The summed E-state index contributed by atoms with van der Waals surface area (Å²) in [6.07, 6.45) is 0.